The maximum Gasteiger partial charge on any atom is 0.337 e. The van der Waals surface area contributed by atoms with E-state index >= 15 is 0 Å². The Kier molecular flexibility index (Phi) is 7.97. The van der Waals surface area contributed by atoms with Gasteiger partial charge in [-0.2, -0.15) is 27.2 Å². The second-order valence-corrected chi connectivity index (χ2v) is 12.8. The minimum absolute atomic E-state index is 0.0298. The van der Waals surface area contributed by atoms with Crippen LogP contribution < -0.4 is 25.7 Å². The molecule has 1 saturated heterocycles. The maximum atomic E-state index is 13.6. The molecule has 2 aliphatic rings. The minimum Gasteiger partial charge on any atom is -0.486 e. The molecule has 1 aliphatic carbocycles. The first-order valence-electron chi connectivity index (χ1n) is 13.1. The van der Waals surface area contributed by atoms with Crippen LogP contribution in [-0.4, -0.2) is 66.4 Å². The summed E-state index contributed by atoms with van der Waals surface area (Å²) < 4.78 is 37.2. The van der Waals surface area contributed by atoms with E-state index in [1.54, 1.807) is 36.5 Å². The molecule has 4 N–H and O–H groups in total. The van der Waals surface area contributed by atoms with Crippen molar-refractivity contribution >= 4 is 39.2 Å². The Balaban J connectivity index is 1.30. The standard InChI is InChI=1S/C27H31ClN6O6S/c1-27(7-8-27)17-40-24-23(16-30-34(25(24)35)20-4-2-3-19(28)14-20)32-9-11-33(12-10-32)41(38,39)31-15-18-5-6-22(29)21(13-18)26(36)37/h2-6,13-14,16,31H,7-12,15,17,29H2,1H3,(H,36,37). The van der Waals surface area contributed by atoms with E-state index < -0.39 is 21.7 Å². The van der Waals surface area contributed by atoms with Gasteiger partial charge in [0.15, 0.2) is 0 Å². The summed E-state index contributed by atoms with van der Waals surface area (Å²) in [5, 5.41) is 14.1. The lowest BCUT2D eigenvalue weighted by molar-refractivity contribution is 0.0698. The van der Waals surface area contributed by atoms with E-state index in [0.717, 1.165) is 12.8 Å². The van der Waals surface area contributed by atoms with E-state index in [0.29, 0.717) is 41.7 Å². The van der Waals surface area contributed by atoms with Gasteiger partial charge in [0.1, 0.15) is 5.69 Å². The molecule has 0 atom stereocenters. The molecule has 41 heavy (non-hydrogen) atoms. The van der Waals surface area contributed by atoms with Gasteiger partial charge >= 0.3 is 11.5 Å². The first-order chi connectivity index (χ1) is 19.5. The molecule has 1 aliphatic heterocycles. The Morgan fingerprint density at radius 1 is 1.17 bits per heavy atom. The Labute approximate surface area is 242 Å². The molecule has 0 spiro atoms. The highest BCUT2D eigenvalue weighted by Gasteiger charge is 2.39. The molecular formula is C27H31ClN6O6S. The predicted octanol–water partition coefficient (Wildman–Crippen LogP) is 2.50. The summed E-state index contributed by atoms with van der Waals surface area (Å²) in [6, 6.07) is 11.2. The van der Waals surface area contributed by atoms with Gasteiger partial charge < -0.3 is 20.5 Å². The van der Waals surface area contributed by atoms with Gasteiger partial charge in [-0.25, -0.2) is 4.79 Å². The van der Waals surface area contributed by atoms with E-state index in [9.17, 15) is 23.1 Å². The molecule has 14 heteroatoms. The lowest BCUT2D eigenvalue weighted by Gasteiger charge is -2.35. The van der Waals surface area contributed by atoms with Gasteiger partial charge in [-0.15, -0.1) is 0 Å². The summed E-state index contributed by atoms with van der Waals surface area (Å²) >= 11 is 6.13. The maximum absolute atomic E-state index is 13.6. The number of nitrogens with zero attached hydrogens (tertiary/aromatic N) is 4. The molecule has 0 bridgehead atoms. The molecule has 0 radical (unpaired) electrons. The number of carbonyl (C=O) groups is 1. The summed E-state index contributed by atoms with van der Waals surface area (Å²) in [6.07, 6.45) is 3.61. The number of benzene rings is 2. The number of halogens is 1. The van der Waals surface area contributed by atoms with Crippen molar-refractivity contribution in [2.75, 3.05) is 43.4 Å². The van der Waals surface area contributed by atoms with Crippen molar-refractivity contribution in [1.29, 1.82) is 0 Å². The molecule has 3 aromatic rings. The van der Waals surface area contributed by atoms with Crippen LogP contribution in [0.5, 0.6) is 5.75 Å². The number of anilines is 2. The molecule has 2 fully saturated rings. The molecule has 0 unspecified atom stereocenters. The predicted molar refractivity (Wildman–Crippen MR) is 155 cm³/mol. The summed E-state index contributed by atoms with van der Waals surface area (Å²) in [7, 11) is -3.86. The first kappa shape index (κ1) is 28.9. The lowest BCUT2D eigenvalue weighted by Crippen LogP contribution is -2.52. The fraction of sp³-hybridized carbons (Fsp3) is 0.370. The Bertz CT molecular complexity index is 1630. The second kappa shape index (κ2) is 11.3. The third kappa shape index (κ3) is 6.48. The molecule has 0 amide bonds. The van der Waals surface area contributed by atoms with Gasteiger partial charge in [0.05, 0.1) is 24.1 Å². The number of hydrogen-bond acceptors (Lipinski definition) is 8. The number of nitrogens with one attached hydrogen (secondary N) is 1. The lowest BCUT2D eigenvalue weighted by atomic mass is 10.1. The molecule has 218 valence electrons. The number of rotatable bonds is 10. The smallest absolute Gasteiger partial charge is 0.337 e. The molecular weight excluding hydrogens is 572 g/mol. The summed E-state index contributed by atoms with van der Waals surface area (Å²) in [5.41, 5.74) is 6.79. The first-order valence-corrected chi connectivity index (χ1v) is 14.9. The highest BCUT2D eigenvalue weighted by atomic mass is 35.5. The summed E-state index contributed by atoms with van der Waals surface area (Å²) in [6.45, 7) is 3.34. The van der Waals surface area contributed by atoms with Crippen LogP contribution in [0.4, 0.5) is 11.4 Å². The number of carboxylic acid groups (broad SMARTS) is 1. The van der Waals surface area contributed by atoms with Gasteiger partial charge in [0.2, 0.25) is 5.75 Å². The molecule has 5 rings (SSSR count). The Hall–Kier alpha value is -3.65. The Morgan fingerprint density at radius 3 is 2.56 bits per heavy atom. The molecule has 2 aromatic carbocycles. The fourth-order valence-electron chi connectivity index (χ4n) is 4.52. The number of carboxylic acids is 1. The van der Waals surface area contributed by atoms with Crippen LogP contribution in [0.25, 0.3) is 5.69 Å². The van der Waals surface area contributed by atoms with Crippen LogP contribution >= 0.6 is 11.6 Å². The van der Waals surface area contributed by atoms with Crippen molar-refractivity contribution in [3.63, 3.8) is 0 Å². The minimum atomic E-state index is -3.86. The molecule has 2 heterocycles. The van der Waals surface area contributed by atoms with Crippen LogP contribution in [0.3, 0.4) is 0 Å². The van der Waals surface area contributed by atoms with Crippen molar-refractivity contribution in [2.24, 2.45) is 5.41 Å². The van der Waals surface area contributed by atoms with E-state index in [4.69, 9.17) is 22.1 Å². The average molecular weight is 603 g/mol. The number of aromatic carboxylic acids is 1. The highest BCUT2D eigenvalue weighted by Crippen LogP contribution is 2.45. The topological polar surface area (TPSA) is 160 Å². The van der Waals surface area contributed by atoms with Gasteiger partial charge in [-0.3, -0.25) is 4.79 Å². The van der Waals surface area contributed by atoms with E-state index in [2.05, 4.69) is 16.7 Å². The number of nitrogens with two attached hydrogens (primary N) is 1. The average Bonchev–Trinajstić information content (AvgIpc) is 3.68. The van der Waals surface area contributed by atoms with E-state index in [1.807, 2.05) is 4.90 Å². The van der Waals surface area contributed by atoms with Crippen LogP contribution in [0.1, 0.15) is 35.7 Å². The highest BCUT2D eigenvalue weighted by molar-refractivity contribution is 7.87. The van der Waals surface area contributed by atoms with Gasteiger partial charge in [0.25, 0.3) is 10.2 Å². The van der Waals surface area contributed by atoms with E-state index in [-0.39, 0.29) is 42.0 Å². The fourth-order valence-corrected chi connectivity index (χ4v) is 5.88. The van der Waals surface area contributed by atoms with E-state index in [1.165, 1.54) is 21.1 Å². The molecule has 12 nitrogen and oxygen atoms in total. The number of ether oxygens (including phenoxy) is 1. The molecule has 1 aromatic heterocycles. The van der Waals surface area contributed by atoms with Crippen molar-refractivity contribution in [3.05, 3.63) is 75.2 Å². The number of aromatic nitrogens is 2. The normalized spacial score (nSPS) is 16.9. The third-order valence-corrected chi connectivity index (χ3v) is 9.15. The molecule has 1 saturated carbocycles. The van der Waals surface area contributed by atoms with Crippen LogP contribution in [0.15, 0.2) is 53.5 Å². The van der Waals surface area contributed by atoms with Crippen LogP contribution in [0, 0.1) is 5.41 Å². The van der Waals surface area contributed by atoms with Gasteiger partial charge in [-0.1, -0.05) is 30.7 Å². The van der Waals surface area contributed by atoms with Crippen molar-refractivity contribution in [2.45, 2.75) is 26.3 Å². The van der Waals surface area contributed by atoms with Crippen molar-refractivity contribution in [1.82, 2.24) is 18.8 Å². The number of piperazine rings is 1. The quantitative estimate of drug-likeness (QED) is 0.296. The van der Waals surface area contributed by atoms with Crippen LogP contribution in [0.2, 0.25) is 5.02 Å². The van der Waals surface area contributed by atoms with Crippen molar-refractivity contribution in [3.8, 4) is 11.4 Å². The SMILES string of the molecule is CC1(COc2c(N3CCN(S(=O)(=O)NCc4ccc(N)c(C(=O)O)c4)CC3)cnn(-c3cccc(Cl)c3)c2=O)CC1. The van der Waals surface area contributed by atoms with Crippen LogP contribution in [-0.2, 0) is 16.8 Å². The second-order valence-electron chi connectivity index (χ2n) is 10.6. The van der Waals surface area contributed by atoms with Gasteiger partial charge in [0, 0.05) is 48.8 Å². The summed E-state index contributed by atoms with van der Waals surface area (Å²) in [4.78, 5) is 26.8. The zero-order valence-corrected chi connectivity index (χ0v) is 24.0. The van der Waals surface area contributed by atoms with Crippen molar-refractivity contribution < 1.29 is 23.1 Å². The number of nitrogen functional groups attached to an aromatic ring is 1. The third-order valence-electron chi connectivity index (χ3n) is 7.36. The zero-order chi connectivity index (χ0) is 29.4. The zero-order valence-electron chi connectivity index (χ0n) is 22.4. The number of hydrogen-bond donors (Lipinski definition) is 3. The largest absolute Gasteiger partial charge is 0.486 e. The van der Waals surface area contributed by atoms with Gasteiger partial charge in [-0.05, 0) is 48.7 Å². The monoisotopic (exact) mass is 602 g/mol. The summed E-state index contributed by atoms with van der Waals surface area (Å²) in [5.74, 6) is -1.02. The Morgan fingerprint density at radius 2 is 1.90 bits per heavy atom.